The average Bonchev–Trinajstić information content (AvgIpc) is 2.01. The minimum absolute atomic E-state index is 0.770. The van der Waals surface area contributed by atoms with Crippen molar-refractivity contribution in [1.29, 1.82) is 0 Å². The summed E-state index contributed by atoms with van der Waals surface area (Å²) in [4.78, 5) is 4.15. The van der Waals surface area contributed by atoms with E-state index in [0.717, 1.165) is 18.4 Å². The maximum atomic E-state index is 5.58. The summed E-state index contributed by atoms with van der Waals surface area (Å²) in [6.45, 7) is 2.90. The van der Waals surface area contributed by atoms with Crippen molar-refractivity contribution in [2.24, 2.45) is 5.92 Å². The number of rotatable bonds is 3. The molecule has 0 radical (unpaired) electrons. The molecule has 0 amide bonds. The van der Waals surface area contributed by atoms with Crippen LogP contribution in [0.3, 0.4) is 0 Å². The zero-order valence-corrected chi connectivity index (χ0v) is 7.99. The first kappa shape index (κ1) is 8.54. The van der Waals surface area contributed by atoms with Gasteiger partial charge in [0.05, 0.1) is 6.61 Å². The molecule has 1 fully saturated rings. The molecule has 0 unspecified atom stereocenters. The molecule has 1 saturated carbocycles. The molecule has 2 nitrogen and oxygen atoms in total. The average molecular weight is 177 g/mol. The minimum atomic E-state index is 0.770. The van der Waals surface area contributed by atoms with Crippen LogP contribution in [0.25, 0.3) is 0 Å². The van der Waals surface area contributed by atoms with Crippen molar-refractivity contribution in [1.82, 2.24) is 4.98 Å². The van der Waals surface area contributed by atoms with Crippen LogP contribution >= 0.6 is 0 Å². The molecule has 1 aromatic heterocycles. The lowest BCUT2D eigenvalue weighted by Crippen LogP contribution is -2.19. The van der Waals surface area contributed by atoms with E-state index in [9.17, 15) is 0 Å². The van der Waals surface area contributed by atoms with Crippen molar-refractivity contribution in [3.8, 4) is 5.88 Å². The second kappa shape index (κ2) is 3.77. The topological polar surface area (TPSA) is 22.1 Å². The van der Waals surface area contributed by atoms with Gasteiger partial charge in [0, 0.05) is 12.3 Å². The Labute approximate surface area is 78.9 Å². The van der Waals surface area contributed by atoms with E-state index in [1.165, 1.54) is 24.8 Å². The molecule has 70 valence electrons. The van der Waals surface area contributed by atoms with Crippen LogP contribution in [0.2, 0.25) is 0 Å². The highest BCUT2D eigenvalue weighted by atomic mass is 16.5. The fourth-order valence-electron chi connectivity index (χ4n) is 1.45. The highest BCUT2D eigenvalue weighted by Gasteiger charge is 2.17. The van der Waals surface area contributed by atoms with Crippen molar-refractivity contribution in [3.63, 3.8) is 0 Å². The van der Waals surface area contributed by atoms with Gasteiger partial charge < -0.3 is 4.74 Å². The summed E-state index contributed by atoms with van der Waals surface area (Å²) in [7, 11) is 0. The van der Waals surface area contributed by atoms with Gasteiger partial charge in [-0.25, -0.2) is 4.98 Å². The van der Waals surface area contributed by atoms with E-state index in [1.54, 1.807) is 6.20 Å². The van der Waals surface area contributed by atoms with E-state index in [2.05, 4.69) is 11.9 Å². The number of nitrogens with zero attached hydrogens (tertiary/aromatic N) is 1. The third kappa shape index (κ3) is 2.20. The second-order valence-corrected chi connectivity index (χ2v) is 3.78. The number of aromatic nitrogens is 1. The Morgan fingerprint density at radius 2 is 2.38 bits per heavy atom. The molecule has 0 spiro atoms. The Bertz CT molecular complexity index is 281. The van der Waals surface area contributed by atoms with Gasteiger partial charge in [0.2, 0.25) is 5.88 Å². The van der Waals surface area contributed by atoms with Gasteiger partial charge in [0.1, 0.15) is 0 Å². The van der Waals surface area contributed by atoms with E-state index < -0.39 is 0 Å². The van der Waals surface area contributed by atoms with Gasteiger partial charge in [-0.05, 0) is 37.3 Å². The van der Waals surface area contributed by atoms with Gasteiger partial charge in [-0.3, -0.25) is 0 Å². The molecule has 0 aliphatic heterocycles. The molecule has 0 N–H and O–H groups in total. The molecule has 0 saturated heterocycles. The zero-order chi connectivity index (χ0) is 9.10. The molecule has 13 heavy (non-hydrogen) atoms. The fourth-order valence-corrected chi connectivity index (χ4v) is 1.45. The lowest BCUT2D eigenvalue weighted by Gasteiger charge is -2.24. The summed E-state index contributed by atoms with van der Waals surface area (Å²) in [5.74, 6) is 1.55. The molecule has 2 heteroatoms. The predicted octanol–water partition coefficient (Wildman–Crippen LogP) is 2.57. The van der Waals surface area contributed by atoms with Gasteiger partial charge in [-0.1, -0.05) is 6.42 Å². The first-order valence-electron chi connectivity index (χ1n) is 4.90. The summed E-state index contributed by atoms with van der Waals surface area (Å²) in [6, 6.07) is 3.97. The van der Waals surface area contributed by atoms with Gasteiger partial charge in [-0.15, -0.1) is 0 Å². The molecule has 0 bridgehead atoms. The van der Waals surface area contributed by atoms with Crippen LogP contribution < -0.4 is 4.74 Å². The Kier molecular flexibility index (Phi) is 2.48. The fraction of sp³-hybridized carbons (Fsp3) is 0.545. The standard InChI is InChI=1S/C11H15NO/c1-9-5-6-12-11(7-9)13-8-10-3-2-4-10/h5-7,10H,2-4,8H2,1H3. The van der Waals surface area contributed by atoms with Gasteiger partial charge in [-0.2, -0.15) is 0 Å². The number of hydrogen-bond acceptors (Lipinski definition) is 2. The number of pyridine rings is 1. The summed E-state index contributed by atoms with van der Waals surface area (Å²) in [5, 5.41) is 0. The second-order valence-electron chi connectivity index (χ2n) is 3.78. The van der Waals surface area contributed by atoms with Crippen LogP contribution in [0.5, 0.6) is 5.88 Å². The molecule has 2 rings (SSSR count). The highest BCUT2D eigenvalue weighted by molar-refractivity contribution is 5.18. The molecular formula is C11H15NO. The monoisotopic (exact) mass is 177 g/mol. The third-order valence-corrected chi connectivity index (χ3v) is 2.58. The third-order valence-electron chi connectivity index (χ3n) is 2.58. The first-order valence-corrected chi connectivity index (χ1v) is 4.90. The molecule has 0 aromatic carbocycles. The lowest BCUT2D eigenvalue weighted by molar-refractivity contribution is 0.175. The van der Waals surface area contributed by atoms with Crippen LogP contribution in [-0.2, 0) is 0 Å². The van der Waals surface area contributed by atoms with Crippen molar-refractivity contribution >= 4 is 0 Å². The molecule has 1 aliphatic carbocycles. The van der Waals surface area contributed by atoms with E-state index in [1.807, 2.05) is 12.1 Å². The van der Waals surface area contributed by atoms with Crippen LogP contribution in [0.15, 0.2) is 18.3 Å². The van der Waals surface area contributed by atoms with Crippen LogP contribution in [0.4, 0.5) is 0 Å². The van der Waals surface area contributed by atoms with Crippen LogP contribution in [0.1, 0.15) is 24.8 Å². The molecule has 1 aromatic rings. The Hall–Kier alpha value is -1.05. The Morgan fingerprint density at radius 1 is 1.54 bits per heavy atom. The highest BCUT2D eigenvalue weighted by Crippen LogP contribution is 2.26. The predicted molar refractivity (Wildman–Crippen MR) is 51.8 cm³/mol. The normalized spacial score (nSPS) is 16.7. The van der Waals surface area contributed by atoms with Crippen molar-refractivity contribution in [2.75, 3.05) is 6.61 Å². The van der Waals surface area contributed by atoms with Gasteiger partial charge in [0.25, 0.3) is 0 Å². The van der Waals surface area contributed by atoms with Crippen molar-refractivity contribution in [3.05, 3.63) is 23.9 Å². The van der Waals surface area contributed by atoms with E-state index >= 15 is 0 Å². The molecular weight excluding hydrogens is 162 g/mol. The molecule has 0 atom stereocenters. The number of aryl methyl sites for hydroxylation is 1. The summed E-state index contributed by atoms with van der Waals surface area (Å²) in [6.07, 6.45) is 5.82. The van der Waals surface area contributed by atoms with E-state index in [4.69, 9.17) is 4.74 Å². The summed E-state index contributed by atoms with van der Waals surface area (Å²) < 4.78 is 5.58. The molecule has 1 heterocycles. The lowest BCUT2D eigenvalue weighted by atomic mass is 9.86. The van der Waals surface area contributed by atoms with Crippen molar-refractivity contribution in [2.45, 2.75) is 26.2 Å². The van der Waals surface area contributed by atoms with Crippen LogP contribution in [-0.4, -0.2) is 11.6 Å². The van der Waals surface area contributed by atoms with E-state index in [-0.39, 0.29) is 0 Å². The quantitative estimate of drug-likeness (QED) is 0.708. The summed E-state index contributed by atoms with van der Waals surface area (Å²) >= 11 is 0. The van der Waals surface area contributed by atoms with Gasteiger partial charge in [0.15, 0.2) is 0 Å². The largest absolute Gasteiger partial charge is 0.477 e. The Morgan fingerprint density at radius 3 is 3.00 bits per heavy atom. The first-order chi connectivity index (χ1) is 6.34. The maximum absolute atomic E-state index is 5.58. The zero-order valence-electron chi connectivity index (χ0n) is 7.99. The van der Waals surface area contributed by atoms with Crippen LogP contribution in [0, 0.1) is 12.8 Å². The summed E-state index contributed by atoms with van der Waals surface area (Å²) in [5.41, 5.74) is 1.21. The van der Waals surface area contributed by atoms with E-state index in [0.29, 0.717) is 0 Å². The SMILES string of the molecule is Cc1ccnc(OCC2CCC2)c1. The smallest absolute Gasteiger partial charge is 0.213 e. The Balaban J connectivity index is 1.86. The molecule has 1 aliphatic rings. The van der Waals surface area contributed by atoms with Gasteiger partial charge >= 0.3 is 0 Å². The maximum Gasteiger partial charge on any atom is 0.213 e. The van der Waals surface area contributed by atoms with Crippen molar-refractivity contribution < 1.29 is 4.74 Å². The minimum Gasteiger partial charge on any atom is -0.477 e. The number of hydrogen-bond donors (Lipinski definition) is 0. The number of ether oxygens (including phenoxy) is 1.